The number of aryl methyl sites for hydroxylation is 1. The largest absolute Gasteiger partial charge is 0.314 e. The Bertz CT molecular complexity index is 330. The summed E-state index contributed by atoms with van der Waals surface area (Å²) in [5.41, 5.74) is 4.64. The van der Waals surface area contributed by atoms with Crippen LogP contribution in [-0.4, -0.2) is 12.6 Å². The summed E-state index contributed by atoms with van der Waals surface area (Å²) in [5, 5.41) is 3.63. The Balaban J connectivity index is 2.07. The molecule has 0 amide bonds. The number of nitrogens with one attached hydrogen (secondary N) is 1. The Kier molecular flexibility index (Phi) is 3.42. The minimum Gasteiger partial charge on any atom is -0.314 e. The molecule has 1 N–H and O–H groups in total. The molecule has 1 aliphatic rings. The van der Waals surface area contributed by atoms with Crippen LogP contribution < -0.4 is 5.32 Å². The third-order valence-corrected chi connectivity index (χ3v) is 3.40. The van der Waals surface area contributed by atoms with Crippen molar-refractivity contribution in [3.8, 4) is 0 Å². The first-order valence-corrected chi connectivity index (χ1v) is 6.12. The third-order valence-electron chi connectivity index (χ3n) is 3.40. The molecule has 1 unspecified atom stereocenters. The van der Waals surface area contributed by atoms with Crippen molar-refractivity contribution in [2.75, 3.05) is 6.54 Å². The van der Waals surface area contributed by atoms with Gasteiger partial charge >= 0.3 is 0 Å². The molecule has 0 spiro atoms. The monoisotopic (exact) mass is 203 g/mol. The molecule has 0 aromatic heterocycles. The zero-order valence-corrected chi connectivity index (χ0v) is 9.84. The van der Waals surface area contributed by atoms with Crippen molar-refractivity contribution >= 4 is 0 Å². The average Bonchev–Trinajstić information content (AvgIpc) is 2.26. The second kappa shape index (κ2) is 4.80. The predicted molar refractivity (Wildman–Crippen MR) is 65.3 cm³/mol. The van der Waals surface area contributed by atoms with Crippen molar-refractivity contribution in [3.05, 3.63) is 34.9 Å². The fourth-order valence-electron chi connectivity index (χ4n) is 2.52. The van der Waals surface area contributed by atoms with Gasteiger partial charge in [0.2, 0.25) is 0 Å². The van der Waals surface area contributed by atoms with Gasteiger partial charge in [-0.3, -0.25) is 0 Å². The van der Waals surface area contributed by atoms with Crippen LogP contribution in [0.25, 0.3) is 0 Å². The Labute approximate surface area is 92.9 Å². The lowest BCUT2D eigenvalue weighted by Gasteiger charge is -2.26. The zero-order chi connectivity index (χ0) is 10.7. The average molecular weight is 203 g/mol. The first-order chi connectivity index (χ1) is 7.31. The van der Waals surface area contributed by atoms with E-state index in [1.54, 1.807) is 11.1 Å². The summed E-state index contributed by atoms with van der Waals surface area (Å²) < 4.78 is 0. The molecule has 1 aromatic rings. The smallest absolute Gasteiger partial charge is 0.0111 e. The lowest BCUT2D eigenvalue weighted by atomic mass is 9.86. The van der Waals surface area contributed by atoms with E-state index in [0.717, 1.165) is 6.54 Å². The highest BCUT2D eigenvalue weighted by molar-refractivity contribution is 5.36. The van der Waals surface area contributed by atoms with E-state index in [9.17, 15) is 0 Å². The molecular formula is C14H21N. The standard InChI is InChI=1S/C14H21N/c1-3-9-15-13-7-8-14-11(2)5-4-6-12(14)10-13/h4-6,13,15H,3,7-10H2,1-2H3. The van der Waals surface area contributed by atoms with E-state index in [2.05, 4.69) is 37.4 Å². The number of hydrogen-bond donors (Lipinski definition) is 1. The number of rotatable bonds is 3. The Hall–Kier alpha value is -0.820. The summed E-state index contributed by atoms with van der Waals surface area (Å²) in [6.45, 7) is 5.62. The fraction of sp³-hybridized carbons (Fsp3) is 0.571. The van der Waals surface area contributed by atoms with E-state index in [4.69, 9.17) is 0 Å². The SMILES string of the molecule is CCCNC1CCc2c(C)cccc2C1. The van der Waals surface area contributed by atoms with Crippen LogP contribution in [0.5, 0.6) is 0 Å². The minimum atomic E-state index is 0.708. The maximum absolute atomic E-state index is 3.63. The van der Waals surface area contributed by atoms with Crippen LogP contribution in [0.2, 0.25) is 0 Å². The van der Waals surface area contributed by atoms with Gasteiger partial charge < -0.3 is 5.32 Å². The molecule has 82 valence electrons. The van der Waals surface area contributed by atoms with E-state index in [-0.39, 0.29) is 0 Å². The lowest BCUT2D eigenvalue weighted by Crippen LogP contribution is -2.35. The van der Waals surface area contributed by atoms with E-state index in [1.807, 2.05) is 0 Å². The van der Waals surface area contributed by atoms with Gasteiger partial charge in [-0.2, -0.15) is 0 Å². The highest BCUT2D eigenvalue weighted by Gasteiger charge is 2.18. The number of benzene rings is 1. The van der Waals surface area contributed by atoms with Gasteiger partial charge in [0.25, 0.3) is 0 Å². The van der Waals surface area contributed by atoms with Crippen LogP contribution in [-0.2, 0) is 12.8 Å². The van der Waals surface area contributed by atoms with Crippen molar-refractivity contribution in [3.63, 3.8) is 0 Å². The second-order valence-corrected chi connectivity index (χ2v) is 4.61. The Morgan fingerprint density at radius 3 is 3.07 bits per heavy atom. The molecule has 0 radical (unpaired) electrons. The van der Waals surface area contributed by atoms with Crippen molar-refractivity contribution in [2.45, 2.75) is 45.6 Å². The summed E-state index contributed by atoms with van der Waals surface area (Å²) in [5.74, 6) is 0. The predicted octanol–water partition coefficient (Wildman–Crippen LogP) is 2.85. The van der Waals surface area contributed by atoms with Crippen LogP contribution in [0.15, 0.2) is 18.2 Å². The summed E-state index contributed by atoms with van der Waals surface area (Å²) in [6.07, 6.45) is 5.01. The molecule has 0 bridgehead atoms. The van der Waals surface area contributed by atoms with Crippen molar-refractivity contribution in [2.24, 2.45) is 0 Å². The maximum atomic E-state index is 3.63. The van der Waals surface area contributed by atoms with E-state index < -0.39 is 0 Å². The van der Waals surface area contributed by atoms with E-state index in [0.29, 0.717) is 6.04 Å². The Morgan fingerprint density at radius 2 is 2.27 bits per heavy atom. The van der Waals surface area contributed by atoms with Gasteiger partial charge in [0, 0.05) is 6.04 Å². The molecule has 0 saturated carbocycles. The van der Waals surface area contributed by atoms with Gasteiger partial charge in [-0.25, -0.2) is 0 Å². The summed E-state index contributed by atoms with van der Waals surface area (Å²) in [7, 11) is 0. The van der Waals surface area contributed by atoms with Gasteiger partial charge in [0.05, 0.1) is 0 Å². The van der Waals surface area contributed by atoms with Gasteiger partial charge in [-0.1, -0.05) is 25.1 Å². The molecule has 0 saturated heterocycles. The van der Waals surface area contributed by atoms with E-state index >= 15 is 0 Å². The highest BCUT2D eigenvalue weighted by Crippen LogP contribution is 2.24. The molecule has 1 aromatic carbocycles. The molecule has 15 heavy (non-hydrogen) atoms. The zero-order valence-electron chi connectivity index (χ0n) is 9.84. The third kappa shape index (κ3) is 2.40. The van der Waals surface area contributed by atoms with Gasteiger partial charge in [-0.05, 0) is 55.8 Å². The van der Waals surface area contributed by atoms with Crippen LogP contribution in [0.3, 0.4) is 0 Å². The molecule has 1 aliphatic carbocycles. The molecule has 1 heteroatoms. The molecule has 0 heterocycles. The fourth-order valence-corrected chi connectivity index (χ4v) is 2.52. The summed E-state index contributed by atoms with van der Waals surface area (Å²) in [6, 6.07) is 7.43. The molecule has 0 aliphatic heterocycles. The normalized spacial score (nSPS) is 20.0. The van der Waals surface area contributed by atoms with Gasteiger partial charge in [0.15, 0.2) is 0 Å². The maximum Gasteiger partial charge on any atom is 0.0111 e. The second-order valence-electron chi connectivity index (χ2n) is 4.61. The highest BCUT2D eigenvalue weighted by atomic mass is 14.9. The first kappa shape index (κ1) is 10.7. The molecule has 1 atom stereocenters. The number of fused-ring (bicyclic) bond motifs is 1. The topological polar surface area (TPSA) is 12.0 Å². The van der Waals surface area contributed by atoms with Crippen molar-refractivity contribution in [1.82, 2.24) is 5.32 Å². The van der Waals surface area contributed by atoms with Crippen molar-refractivity contribution in [1.29, 1.82) is 0 Å². The lowest BCUT2D eigenvalue weighted by molar-refractivity contribution is 0.458. The van der Waals surface area contributed by atoms with Crippen LogP contribution in [0, 0.1) is 6.92 Å². The quantitative estimate of drug-likeness (QED) is 0.796. The van der Waals surface area contributed by atoms with Gasteiger partial charge in [0.1, 0.15) is 0 Å². The Morgan fingerprint density at radius 1 is 1.40 bits per heavy atom. The molecule has 0 fully saturated rings. The minimum absolute atomic E-state index is 0.708. The van der Waals surface area contributed by atoms with Crippen LogP contribution in [0.1, 0.15) is 36.5 Å². The van der Waals surface area contributed by atoms with Crippen LogP contribution in [0.4, 0.5) is 0 Å². The van der Waals surface area contributed by atoms with Gasteiger partial charge in [-0.15, -0.1) is 0 Å². The molecule has 2 rings (SSSR count). The molecule has 1 nitrogen and oxygen atoms in total. The summed E-state index contributed by atoms with van der Waals surface area (Å²) >= 11 is 0. The van der Waals surface area contributed by atoms with E-state index in [1.165, 1.54) is 31.2 Å². The molecular weight excluding hydrogens is 182 g/mol. The summed E-state index contributed by atoms with van der Waals surface area (Å²) in [4.78, 5) is 0. The van der Waals surface area contributed by atoms with Crippen LogP contribution >= 0.6 is 0 Å². The van der Waals surface area contributed by atoms with Crippen molar-refractivity contribution < 1.29 is 0 Å². The first-order valence-electron chi connectivity index (χ1n) is 6.12. The number of hydrogen-bond acceptors (Lipinski definition) is 1.